The highest BCUT2D eigenvalue weighted by atomic mass is 16.5. The van der Waals surface area contributed by atoms with Gasteiger partial charge in [0.15, 0.2) is 0 Å². The first-order chi connectivity index (χ1) is 10.2. The zero-order valence-corrected chi connectivity index (χ0v) is 12.5. The predicted molar refractivity (Wildman–Crippen MR) is 79.2 cm³/mol. The van der Waals surface area contributed by atoms with E-state index in [-0.39, 0.29) is 17.8 Å². The summed E-state index contributed by atoms with van der Waals surface area (Å²) in [6, 6.07) is 3.55. The van der Waals surface area contributed by atoms with Crippen molar-refractivity contribution < 1.29 is 14.3 Å². The van der Waals surface area contributed by atoms with Crippen LogP contribution in [0.15, 0.2) is 18.3 Å². The van der Waals surface area contributed by atoms with Crippen molar-refractivity contribution in [2.75, 3.05) is 31.6 Å². The number of esters is 1. The molecule has 1 aliphatic rings. The maximum absolute atomic E-state index is 11.6. The second-order valence-corrected chi connectivity index (χ2v) is 5.00. The van der Waals surface area contributed by atoms with Crippen LogP contribution in [0, 0.1) is 5.92 Å². The Hall–Kier alpha value is -2.11. The average Bonchev–Trinajstić information content (AvgIpc) is 2.54. The molecule has 1 saturated heterocycles. The first kappa shape index (κ1) is 15.3. The van der Waals surface area contributed by atoms with E-state index in [1.165, 1.54) is 6.20 Å². The van der Waals surface area contributed by atoms with Crippen LogP contribution in [0.1, 0.15) is 30.1 Å². The highest BCUT2D eigenvalue weighted by molar-refractivity contribution is 5.89. The number of piperidine rings is 1. The van der Waals surface area contributed by atoms with Crippen LogP contribution in [0.3, 0.4) is 0 Å². The summed E-state index contributed by atoms with van der Waals surface area (Å²) in [4.78, 5) is 29.6. The number of rotatable bonds is 4. The Morgan fingerprint density at radius 1 is 1.38 bits per heavy atom. The SMILES string of the molecule is CCOC(=O)c1ccc(N2CCC(C(=O)NC)CC2)nc1. The van der Waals surface area contributed by atoms with E-state index in [4.69, 9.17) is 4.74 Å². The van der Waals surface area contributed by atoms with Crippen molar-refractivity contribution in [3.8, 4) is 0 Å². The molecule has 6 nitrogen and oxygen atoms in total. The number of hydrogen-bond donors (Lipinski definition) is 1. The van der Waals surface area contributed by atoms with Crippen molar-refractivity contribution in [1.29, 1.82) is 0 Å². The van der Waals surface area contributed by atoms with Crippen molar-refractivity contribution in [3.05, 3.63) is 23.9 Å². The molecular weight excluding hydrogens is 270 g/mol. The van der Waals surface area contributed by atoms with Crippen LogP contribution in [0.2, 0.25) is 0 Å². The number of aromatic nitrogens is 1. The van der Waals surface area contributed by atoms with Gasteiger partial charge in [0.05, 0.1) is 12.2 Å². The van der Waals surface area contributed by atoms with Crippen LogP contribution in [0.5, 0.6) is 0 Å². The highest BCUT2D eigenvalue weighted by Gasteiger charge is 2.24. The molecular formula is C15H21N3O3. The van der Waals surface area contributed by atoms with E-state index in [2.05, 4.69) is 15.2 Å². The van der Waals surface area contributed by atoms with Gasteiger partial charge in [0.2, 0.25) is 5.91 Å². The van der Waals surface area contributed by atoms with E-state index in [1.54, 1.807) is 20.0 Å². The number of nitrogens with zero attached hydrogens (tertiary/aromatic N) is 2. The maximum Gasteiger partial charge on any atom is 0.339 e. The molecule has 0 bridgehead atoms. The van der Waals surface area contributed by atoms with Crippen LogP contribution in [0.4, 0.5) is 5.82 Å². The van der Waals surface area contributed by atoms with Gasteiger partial charge in [0, 0.05) is 32.3 Å². The van der Waals surface area contributed by atoms with Gasteiger partial charge in [-0.15, -0.1) is 0 Å². The van der Waals surface area contributed by atoms with Crippen LogP contribution in [0.25, 0.3) is 0 Å². The molecule has 2 rings (SSSR count). The molecule has 0 radical (unpaired) electrons. The van der Waals surface area contributed by atoms with E-state index in [0.717, 1.165) is 31.7 Å². The van der Waals surface area contributed by atoms with Crippen molar-refractivity contribution in [2.45, 2.75) is 19.8 Å². The smallest absolute Gasteiger partial charge is 0.339 e. The summed E-state index contributed by atoms with van der Waals surface area (Å²) in [7, 11) is 1.67. The third-order valence-corrected chi connectivity index (χ3v) is 3.70. The summed E-state index contributed by atoms with van der Waals surface area (Å²) in [5.74, 6) is 0.679. The van der Waals surface area contributed by atoms with E-state index in [0.29, 0.717) is 12.2 Å². The third kappa shape index (κ3) is 3.71. The van der Waals surface area contributed by atoms with Crippen LogP contribution in [-0.4, -0.2) is 43.6 Å². The molecule has 0 saturated carbocycles. The zero-order valence-electron chi connectivity index (χ0n) is 12.5. The molecule has 2 heterocycles. The molecule has 0 unspecified atom stereocenters. The van der Waals surface area contributed by atoms with Gasteiger partial charge in [0.25, 0.3) is 0 Å². The fourth-order valence-electron chi connectivity index (χ4n) is 2.48. The summed E-state index contributed by atoms with van der Waals surface area (Å²) in [5.41, 5.74) is 0.459. The lowest BCUT2D eigenvalue weighted by Gasteiger charge is -2.31. The Kier molecular flexibility index (Phi) is 5.14. The Morgan fingerprint density at radius 2 is 2.10 bits per heavy atom. The molecule has 1 aromatic rings. The van der Waals surface area contributed by atoms with Crippen molar-refractivity contribution in [3.63, 3.8) is 0 Å². The van der Waals surface area contributed by atoms with Crippen molar-refractivity contribution >= 4 is 17.7 Å². The van der Waals surface area contributed by atoms with E-state index < -0.39 is 0 Å². The van der Waals surface area contributed by atoms with Gasteiger partial charge >= 0.3 is 5.97 Å². The van der Waals surface area contributed by atoms with E-state index in [1.807, 2.05) is 6.07 Å². The topological polar surface area (TPSA) is 71.5 Å². The third-order valence-electron chi connectivity index (χ3n) is 3.70. The minimum absolute atomic E-state index is 0.0880. The van der Waals surface area contributed by atoms with Gasteiger partial charge in [-0.3, -0.25) is 4.79 Å². The fraction of sp³-hybridized carbons (Fsp3) is 0.533. The largest absolute Gasteiger partial charge is 0.462 e. The van der Waals surface area contributed by atoms with E-state index >= 15 is 0 Å². The zero-order chi connectivity index (χ0) is 15.2. The Bertz CT molecular complexity index is 493. The van der Waals surface area contributed by atoms with Gasteiger partial charge in [0.1, 0.15) is 5.82 Å². The van der Waals surface area contributed by atoms with Crippen LogP contribution < -0.4 is 10.2 Å². The van der Waals surface area contributed by atoms with Gasteiger partial charge in [-0.2, -0.15) is 0 Å². The second kappa shape index (κ2) is 7.06. The summed E-state index contributed by atoms with van der Waals surface area (Å²) >= 11 is 0. The lowest BCUT2D eigenvalue weighted by molar-refractivity contribution is -0.125. The summed E-state index contributed by atoms with van der Waals surface area (Å²) in [6.07, 6.45) is 3.18. The first-order valence-corrected chi connectivity index (χ1v) is 7.25. The predicted octanol–water partition coefficient (Wildman–Crippen LogP) is 1.22. The molecule has 0 aromatic carbocycles. The van der Waals surface area contributed by atoms with Crippen molar-refractivity contribution in [1.82, 2.24) is 10.3 Å². The summed E-state index contributed by atoms with van der Waals surface area (Å²) in [6.45, 7) is 3.72. The molecule has 1 aromatic heterocycles. The minimum atomic E-state index is -0.352. The molecule has 6 heteroatoms. The quantitative estimate of drug-likeness (QED) is 0.845. The molecule has 0 aliphatic carbocycles. The minimum Gasteiger partial charge on any atom is -0.462 e. The Labute approximate surface area is 124 Å². The van der Waals surface area contributed by atoms with Gasteiger partial charge in [-0.25, -0.2) is 9.78 Å². The van der Waals surface area contributed by atoms with E-state index in [9.17, 15) is 9.59 Å². The fourth-order valence-corrected chi connectivity index (χ4v) is 2.48. The van der Waals surface area contributed by atoms with Gasteiger partial charge in [-0.05, 0) is 31.9 Å². The number of carbonyl (C=O) groups excluding carboxylic acids is 2. The molecule has 114 valence electrons. The number of anilines is 1. The molecule has 1 aliphatic heterocycles. The standard InChI is InChI=1S/C15H21N3O3/c1-3-21-15(20)12-4-5-13(17-10-12)18-8-6-11(7-9-18)14(19)16-2/h4-5,10-11H,3,6-9H2,1-2H3,(H,16,19). The van der Waals surface area contributed by atoms with Gasteiger partial charge in [-0.1, -0.05) is 0 Å². The molecule has 1 N–H and O–H groups in total. The normalized spacial score (nSPS) is 15.6. The number of carbonyl (C=O) groups is 2. The monoisotopic (exact) mass is 291 g/mol. The molecule has 21 heavy (non-hydrogen) atoms. The lowest BCUT2D eigenvalue weighted by atomic mass is 9.96. The van der Waals surface area contributed by atoms with Gasteiger partial charge < -0.3 is 15.0 Å². The average molecular weight is 291 g/mol. The van der Waals surface area contributed by atoms with Crippen molar-refractivity contribution in [2.24, 2.45) is 5.92 Å². The maximum atomic E-state index is 11.6. The Morgan fingerprint density at radius 3 is 2.62 bits per heavy atom. The number of hydrogen-bond acceptors (Lipinski definition) is 5. The molecule has 0 spiro atoms. The number of pyridine rings is 1. The first-order valence-electron chi connectivity index (χ1n) is 7.25. The number of ether oxygens (including phenoxy) is 1. The Balaban J connectivity index is 1.95. The number of amides is 1. The van der Waals surface area contributed by atoms with Crippen LogP contribution >= 0.6 is 0 Å². The molecule has 1 amide bonds. The lowest BCUT2D eigenvalue weighted by Crippen LogP contribution is -2.39. The highest BCUT2D eigenvalue weighted by Crippen LogP contribution is 2.22. The molecule has 1 fully saturated rings. The van der Waals surface area contributed by atoms with Crippen LogP contribution in [-0.2, 0) is 9.53 Å². The summed E-state index contributed by atoms with van der Waals surface area (Å²) < 4.78 is 4.93. The second-order valence-electron chi connectivity index (χ2n) is 5.00. The number of nitrogens with one attached hydrogen (secondary N) is 1. The summed E-state index contributed by atoms with van der Waals surface area (Å²) in [5, 5.41) is 2.70. The molecule has 0 atom stereocenters.